The zero-order valence-electron chi connectivity index (χ0n) is 11.7. The Morgan fingerprint density at radius 1 is 1.12 bits per heavy atom. The van der Waals surface area contributed by atoms with Gasteiger partial charge in [-0.1, -0.05) is 32.4 Å². The molecule has 98 valence electrons. The van der Waals surface area contributed by atoms with Gasteiger partial charge in [-0.25, -0.2) is 0 Å². The molecule has 2 aliphatic carbocycles. The van der Waals surface area contributed by atoms with Crippen LogP contribution in [0.2, 0.25) is 0 Å². The van der Waals surface area contributed by atoms with Crippen molar-refractivity contribution in [2.24, 2.45) is 11.3 Å². The Morgan fingerprint density at radius 2 is 2.00 bits per heavy atom. The SMILES string of the molecule is CC1(C)CCCC(NCC2CC=CCC2)CC1. The quantitative estimate of drug-likeness (QED) is 0.568. The molecule has 0 amide bonds. The molecular weight excluding hydrogens is 206 g/mol. The molecule has 1 heteroatoms. The van der Waals surface area contributed by atoms with Gasteiger partial charge in [0.25, 0.3) is 0 Å². The maximum Gasteiger partial charge on any atom is 0.00673 e. The van der Waals surface area contributed by atoms with Crippen LogP contribution in [0.5, 0.6) is 0 Å². The summed E-state index contributed by atoms with van der Waals surface area (Å²) in [5.41, 5.74) is 0.587. The van der Waals surface area contributed by atoms with Gasteiger partial charge in [0.2, 0.25) is 0 Å². The van der Waals surface area contributed by atoms with E-state index < -0.39 is 0 Å². The van der Waals surface area contributed by atoms with E-state index in [2.05, 4.69) is 31.3 Å². The molecule has 1 N–H and O–H groups in total. The van der Waals surface area contributed by atoms with Crippen LogP contribution in [-0.4, -0.2) is 12.6 Å². The van der Waals surface area contributed by atoms with Crippen LogP contribution in [0.1, 0.15) is 65.2 Å². The lowest BCUT2D eigenvalue weighted by atomic mass is 9.85. The van der Waals surface area contributed by atoms with Crippen LogP contribution >= 0.6 is 0 Å². The minimum absolute atomic E-state index is 0.587. The molecule has 0 saturated heterocycles. The van der Waals surface area contributed by atoms with Gasteiger partial charge in [0.1, 0.15) is 0 Å². The Hall–Kier alpha value is -0.300. The summed E-state index contributed by atoms with van der Waals surface area (Å²) >= 11 is 0. The lowest BCUT2D eigenvalue weighted by molar-refractivity contribution is 0.307. The molecule has 2 aliphatic rings. The molecule has 0 spiro atoms. The van der Waals surface area contributed by atoms with Crippen molar-refractivity contribution in [1.82, 2.24) is 5.32 Å². The highest BCUT2D eigenvalue weighted by atomic mass is 14.9. The predicted octanol–water partition coefficient (Wildman–Crippen LogP) is 4.29. The van der Waals surface area contributed by atoms with Crippen molar-refractivity contribution in [3.05, 3.63) is 12.2 Å². The molecule has 0 aliphatic heterocycles. The maximum atomic E-state index is 3.84. The van der Waals surface area contributed by atoms with Crippen molar-refractivity contribution < 1.29 is 0 Å². The zero-order chi connectivity index (χ0) is 12.1. The standard InChI is InChI=1S/C16H29N/c1-16(2)11-6-9-15(10-12-16)17-13-14-7-4-3-5-8-14/h3-4,14-15,17H,5-13H2,1-2H3. The zero-order valence-corrected chi connectivity index (χ0v) is 11.7. The molecule has 1 saturated carbocycles. The fraction of sp³-hybridized carbons (Fsp3) is 0.875. The average Bonchev–Trinajstić information content (AvgIpc) is 2.49. The second kappa shape index (κ2) is 6.04. The molecule has 2 unspecified atom stereocenters. The number of hydrogen-bond acceptors (Lipinski definition) is 1. The monoisotopic (exact) mass is 235 g/mol. The first kappa shape index (κ1) is 13.1. The van der Waals surface area contributed by atoms with Crippen LogP contribution in [0.3, 0.4) is 0 Å². The summed E-state index contributed by atoms with van der Waals surface area (Å²) < 4.78 is 0. The molecular formula is C16H29N. The largest absolute Gasteiger partial charge is 0.314 e. The Labute approximate surface area is 107 Å². The summed E-state index contributed by atoms with van der Waals surface area (Å²) in [6.07, 6.45) is 15.7. The fourth-order valence-corrected chi connectivity index (χ4v) is 3.24. The third-order valence-electron chi connectivity index (χ3n) is 4.65. The van der Waals surface area contributed by atoms with E-state index in [0.717, 1.165) is 12.0 Å². The van der Waals surface area contributed by atoms with Gasteiger partial charge in [-0.2, -0.15) is 0 Å². The van der Waals surface area contributed by atoms with E-state index in [4.69, 9.17) is 0 Å². The minimum atomic E-state index is 0.587. The molecule has 0 radical (unpaired) electrons. The van der Waals surface area contributed by atoms with E-state index in [9.17, 15) is 0 Å². The first-order chi connectivity index (χ1) is 8.16. The smallest absolute Gasteiger partial charge is 0.00673 e. The Kier molecular flexibility index (Phi) is 4.67. The van der Waals surface area contributed by atoms with E-state index in [1.165, 1.54) is 57.9 Å². The topological polar surface area (TPSA) is 12.0 Å². The van der Waals surface area contributed by atoms with Crippen molar-refractivity contribution in [2.45, 2.75) is 71.3 Å². The Morgan fingerprint density at radius 3 is 2.76 bits per heavy atom. The van der Waals surface area contributed by atoms with Gasteiger partial charge in [0, 0.05) is 6.04 Å². The van der Waals surface area contributed by atoms with E-state index in [1.807, 2.05) is 0 Å². The third kappa shape index (κ3) is 4.46. The van der Waals surface area contributed by atoms with Crippen molar-refractivity contribution >= 4 is 0 Å². The highest BCUT2D eigenvalue weighted by Crippen LogP contribution is 2.33. The van der Waals surface area contributed by atoms with Gasteiger partial charge >= 0.3 is 0 Å². The molecule has 2 atom stereocenters. The molecule has 2 rings (SSSR count). The first-order valence-corrected chi connectivity index (χ1v) is 7.54. The molecule has 0 aromatic rings. The number of hydrogen-bond donors (Lipinski definition) is 1. The van der Waals surface area contributed by atoms with Crippen LogP contribution < -0.4 is 5.32 Å². The second-order valence-corrected chi connectivity index (χ2v) is 6.85. The molecule has 1 nitrogen and oxygen atoms in total. The van der Waals surface area contributed by atoms with Crippen molar-refractivity contribution in [3.63, 3.8) is 0 Å². The lowest BCUT2D eigenvalue weighted by Gasteiger charge is -2.24. The summed E-state index contributed by atoms with van der Waals surface area (Å²) in [7, 11) is 0. The van der Waals surface area contributed by atoms with Crippen LogP contribution in [0.25, 0.3) is 0 Å². The van der Waals surface area contributed by atoms with E-state index >= 15 is 0 Å². The minimum Gasteiger partial charge on any atom is -0.314 e. The summed E-state index contributed by atoms with van der Waals surface area (Å²) in [6.45, 7) is 6.11. The summed E-state index contributed by atoms with van der Waals surface area (Å²) in [4.78, 5) is 0. The summed E-state index contributed by atoms with van der Waals surface area (Å²) in [6, 6.07) is 0.794. The highest BCUT2D eigenvalue weighted by Gasteiger charge is 2.24. The van der Waals surface area contributed by atoms with Crippen molar-refractivity contribution in [1.29, 1.82) is 0 Å². The van der Waals surface area contributed by atoms with Crippen LogP contribution in [0.4, 0.5) is 0 Å². The predicted molar refractivity (Wildman–Crippen MR) is 75.1 cm³/mol. The van der Waals surface area contributed by atoms with Crippen LogP contribution in [0.15, 0.2) is 12.2 Å². The second-order valence-electron chi connectivity index (χ2n) is 6.85. The first-order valence-electron chi connectivity index (χ1n) is 7.54. The molecule has 1 fully saturated rings. The summed E-state index contributed by atoms with van der Waals surface area (Å²) in [5.74, 6) is 0.899. The molecule has 0 bridgehead atoms. The van der Waals surface area contributed by atoms with Crippen LogP contribution in [-0.2, 0) is 0 Å². The average molecular weight is 235 g/mol. The van der Waals surface area contributed by atoms with Gasteiger partial charge in [-0.3, -0.25) is 0 Å². The number of nitrogens with one attached hydrogen (secondary N) is 1. The van der Waals surface area contributed by atoms with Gasteiger partial charge in [0.15, 0.2) is 0 Å². The molecule has 0 heterocycles. The van der Waals surface area contributed by atoms with Crippen molar-refractivity contribution in [3.8, 4) is 0 Å². The van der Waals surface area contributed by atoms with E-state index in [-0.39, 0.29) is 0 Å². The Balaban J connectivity index is 1.70. The fourth-order valence-electron chi connectivity index (χ4n) is 3.24. The third-order valence-corrected chi connectivity index (χ3v) is 4.65. The van der Waals surface area contributed by atoms with Gasteiger partial charge in [-0.05, 0) is 62.8 Å². The molecule has 0 aromatic carbocycles. The summed E-state index contributed by atoms with van der Waals surface area (Å²) in [5, 5.41) is 3.84. The van der Waals surface area contributed by atoms with Gasteiger partial charge in [-0.15, -0.1) is 0 Å². The normalized spacial score (nSPS) is 33.3. The number of allylic oxidation sites excluding steroid dienone is 2. The maximum absolute atomic E-state index is 3.84. The van der Waals surface area contributed by atoms with Crippen molar-refractivity contribution in [2.75, 3.05) is 6.54 Å². The van der Waals surface area contributed by atoms with Gasteiger partial charge in [0.05, 0.1) is 0 Å². The van der Waals surface area contributed by atoms with E-state index in [0.29, 0.717) is 5.41 Å². The number of rotatable bonds is 3. The highest BCUT2D eigenvalue weighted by molar-refractivity contribution is 4.91. The van der Waals surface area contributed by atoms with E-state index in [1.54, 1.807) is 0 Å². The Bertz CT molecular complexity index is 254. The van der Waals surface area contributed by atoms with Crippen LogP contribution in [0, 0.1) is 11.3 Å². The lowest BCUT2D eigenvalue weighted by Crippen LogP contribution is -2.33. The van der Waals surface area contributed by atoms with Gasteiger partial charge < -0.3 is 5.32 Å². The molecule has 17 heavy (non-hydrogen) atoms. The molecule has 0 aromatic heterocycles.